The molecule has 0 aliphatic rings. The molecule has 0 fully saturated rings. The quantitative estimate of drug-likeness (QED) is 0.586. The number of hydrogen-bond donors (Lipinski definition) is 0. The maximum Gasteiger partial charge on any atom is 0.0480 e. The van der Waals surface area contributed by atoms with Gasteiger partial charge in [-0.25, -0.2) is 0 Å². The SMILES string of the molecule is Cc1cccc(-c2ccc3c(c2)c(C)cn3C)c1. The third-order valence-electron chi connectivity index (χ3n) is 3.54. The third kappa shape index (κ3) is 1.72. The Bertz CT molecular complexity index is 720. The van der Waals surface area contributed by atoms with E-state index in [1.54, 1.807) is 0 Å². The summed E-state index contributed by atoms with van der Waals surface area (Å²) in [6.45, 7) is 4.30. The number of fused-ring (bicyclic) bond motifs is 1. The molecule has 0 radical (unpaired) electrons. The second kappa shape index (κ2) is 4.02. The van der Waals surface area contributed by atoms with Gasteiger partial charge < -0.3 is 4.57 Å². The van der Waals surface area contributed by atoms with Gasteiger partial charge in [0.15, 0.2) is 0 Å². The molecule has 90 valence electrons. The Labute approximate surface area is 108 Å². The zero-order valence-electron chi connectivity index (χ0n) is 11.1. The molecule has 0 bridgehead atoms. The molecule has 3 aromatic rings. The molecule has 3 rings (SSSR count). The summed E-state index contributed by atoms with van der Waals surface area (Å²) < 4.78 is 2.19. The Morgan fingerprint density at radius 3 is 2.44 bits per heavy atom. The van der Waals surface area contributed by atoms with Crippen LogP contribution in [0.2, 0.25) is 0 Å². The number of aryl methyl sites for hydroxylation is 3. The standard InChI is InChI=1S/C17H17N/c1-12-5-4-6-14(9-12)15-7-8-17-16(10-15)13(2)11-18(17)3/h4-11H,1-3H3. The highest BCUT2D eigenvalue weighted by Gasteiger charge is 2.05. The van der Waals surface area contributed by atoms with Gasteiger partial charge in [-0.2, -0.15) is 0 Å². The molecular formula is C17H17N. The van der Waals surface area contributed by atoms with Crippen LogP contribution < -0.4 is 0 Å². The summed E-state index contributed by atoms with van der Waals surface area (Å²) in [5.41, 5.74) is 6.52. The van der Waals surface area contributed by atoms with Crippen molar-refractivity contribution >= 4 is 10.9 Å². The van der Waals surface area contributed by atoms with Crippen LogP contribution in [0.5, 0.6) is 0 Å². The lowest BCUT2D eigenvalue weighted by Gasteiger charge is -2.04. The van der Waals surface area contributed by atoms with Crippen LogP contribution >= 0.6 is 0 Å². The van der Waals surface area contributed by atoms with Gasteiger partial charge in [-0.05, 0) is 42.7 Å². The molecule has 2 aromatic carbocycles. The lowest BCUT2D eigenvalue weighted by molar-refractivity contribution is 0.964. The van der Waals surface area contributed by atoms with E-state index in [0.29, 0.717) is 0 Å². The Morgan fingerprint density at radius 2 is 1.67 bits per heavy atom. The van der Waals surface area contributed by atoms with Crippen molar-refractivity contribution in [2.75, 3.05) is 0 Å². The van der Waals surface area contributed by atoms with Gasteiger partial charge >= 0.3 is 0 Å². The average molecular weight is 235 g/mol. The Hall–Kier alpha value is -2.02. The maximum atomic E-state index is 2.29. The van der Waals surface area contributed by atoms with E-state index in [9.17, 15) is 0 Å². The molecule has 0 unspecified atom stereocenters. The summed E-state index contributed by atoms with van der Waals surface area (Å²) >= 11 is 0. The predicted octanol–water partition coefficient (Wildman–Crippen LogP) is 4.46. The van der Waals surface area contributed by atoms with Crippen LogP contribution in [0.4, 0.5) is 0 Å². The highest BCUT2D eigenvalue weighted by Crippen LogP contribution is 2.27. The van der Waals surface area contributed by atoms with Crippen molar-refractivity contribution in [1.29, 1.82) is 0 Å². The van der Waals surface area contributed by atoms with E-state index >= 15 is 0 Å². The van der Waals surface area contributed by atoms with Gasteiger partial charge in [-0.15, -0.1) is 0 Å². The molecule has 1 heteroatoms. The lowest BCUT2D eigenvalue weighted by Crippen LogP contribution is -1.84. The fraction of sp³-hybridized carbons (Fsp3) is 0.176. The average Bonchev–Trinajstić information content (AvgIpc) is 2.65. The zero-order valence-corrected chi connectivity index (χ0v) is 11.1. The van der Waals surface area contributed by atoms with E-state index in [1.807, 2.05) is 0 Å². The summed E-state index contributed by atoms with van der Waals surface area (Å²) in [7, 11) is 2.10. The van der Waals surface area contributed by atoms with Crippen LogP contribution in [0.25, 0.3) is 22.0 Å². The van der Waals surface area contributed by atoms with E-state index < -0.39 is 0 Å². The normalized spacial score (nSPS) is 11.1. The van der Waals surface area contributed by atoms with Crippen molar-refractivity contribution in [3.05, 3.63) is 59.8 Å². The first-order valence-electron chi connectivity index (χ1n) is 6.28. The molecule has 0 amide bonds. The highest BCUT2D eigenvalue weighted by atomic mass is 14.9. The lowest BCUT2D eigenvalue weighted by atomic mass is 10.0. The molecule has 0 N–H and O–H groups in total. The molecular weight excluding hydrogens is 218 g/mol. The van der Waals surface area contributed by atoms with E-state index in [-0.39, 0.29) is 0 Å². The number of aromatic nitrogens is 1. The molecule has 0 atom stereocenters. The Balaban J connectivity index is 2.22. The van der Waals surface area contributed by atoms with Crippen molar-refractivity contribution in [2.45, 2.75) is 13.8 Å². The largest absolute Gasteiger partial charge is 0.350 e. The van der Waals surface area contributed by atoms with E-state index in [2.05, 4.69) is 74.1 Å². The summed E-state index contributed by atoms with van der Waals surface area (Å²) in [5.74, 6) is 0. The minimum absolute atomic E-state index is 1.29. The zero-order chi connectivity index (χ0) is 12.7. The fourth-order valence-corrected chi connectivity index (χ4v) is 2.59. The van der Waals surface area contributed by atoms with Crippen molar-refractivity contribution in [1.82, 2.24) is 4.57 Å². The first-order chi connectivity index (χ1) is 8.65. The van der Waals surface area contributed by atoms with E-state index in [4.69, 9.17) is 0 Å². The molecule has 1 heterocycles. The van der Waals surface area contributed by atoms with Crippen LogP contribution in [-0.4, -0.2) is 4.57 Å². The molecule has 0 aliphatic heterocycles. The molecule has 0 spiro atoms. The smallest absolute Gasteiger partial charge is 0.0480 e. The molecule has 0 saturated heterocycles. The van der Waals surface area contributed by atoms with E-state index in [0.717, 1.165) is 0 Å². The van der Waals surface area contributed by atoms with Gasteiger partial charge in [-0.1, -0.05) is 35.9 Å². The molecule has 1 nitrogen and oxygen atoms in total. The van der Waals surface area contributed by atoms with Crippen LogP contribution in [0, 0.1) is 13.8 Å². The van der Waals surface area contributed by atoms with Crippen molar-refractivity contribution < 1.29 is 0 Å². The van der Waals surface area contributed by atoms with Crippen molar-refractivity contribution in [2.24, 2.45) is 7.05 Å². The second-order valence-corrected chi connectivity index (χ2v) is 5.02. The molecule has 0 aliphatic carbocycles. The van der Waals surface area contributed by atoms with Gasteiger partial charge in [-0.3, -0.25) is 0 Å². The van der Waals surface area contributed by atoms with Gasteiger partial charge in [0.2, 0.25) is 0 Å². The van der Waals surface area contributed by atoms with Gasteiger partial charge in [0, 0.05) is 24.1 Å². The van der Waals surface area contributed by atoms with Gasteiger partial charge in [0.1, 0.15) is 0 Å². The second-order valence-electron chi connectivity index (χ2n) is 5.02. The highest BCUT2D eigenvalue weighted by molar-refractivity contribution is 5.88. The van der Waals surface area contributed by atoms with Crippen LogP contribution in [0.1, 0.15) is 11.1 Å². The Kier molecular flexibility index (Phi) is 2.48. The molecule has 0 saturated carbocycles. The van der Waals surface area contributed by atoms with Crippen LogP contribution in [-0.2, 0) is 7.05 Å². The molecule has 1 aromatic heterocycles. The number of rotatable bonds is 1. The van der Waals surface area contributed by atoms with Gasteiger partial charge in [0.25, 0.3) is 0 Å². The fourth-order valence-electron chi connectivity index (χ4n) is 2.59. The van der Waals surface area contributed by atoms with Crippen LogP contribution in [0.15, 0.2) is 48.7 Å². The minimum Gasteiger partial charge on any atom is -0.350 e. The predicted molar refractivity (Wildman–Crippen MR) is 77.8 cm³/mol. The van der Waals surface area contributed by atoms with Crippen molar-refractivity contribution in [3.8, 4) is 11.1 Å². The number of benzene rings is 2. The maximum absolute atomic E-state index is 2.29. The first kappa shape index (κ1) is 11.1. The Morgan fingerprint density at radius 1 is 0.889 bits per heavy atom. The van der Waals surface area contributed by atoms with Crippen LogP contribution in [0.3, 0.4) is 0 Å². The van der Waals surface area contributed by atoms with Crippen molar-refractivity contribution in [3.63, 3.8) is 0 Å². The third-order valence-corrected chi connectivity index (χ3v) is 3.54. The topological polar surface area (TPSA) is 4.93 Å². The summed E-state index contributed by atoms with van der Waals surface area (Å²) in [6.07, 6.45) is 2.19. The molecule has 18 heavy (non-hydrogen) atoms. The summed E-state index contributed by atoms with van der Waals surface area (Å²) in [5, 5.41) is 1.34. The summed E-state index contributed by atoms with van der Waals surface area (Å²) in [6, 6.07) is 15.4. The first-order valence-corrected chi connectivity index (χ1v) is 6.28. The number of hydrogen-bond acceptors (Lipinski definition) is 0. The summed E-state index contributed by atoms with van der Waals surface area (Å²) in [4.78, 5) is 0. The minimum atomic E-state index is 1.29. The van der Waals surface area contributed by atoms with E-state index in [1.165, 1.54) is 33.2 Å². The van der Waals surface area contributed by atoms with Gasteiger partial charge in [0.05, 0.1) is 0 Å². The number of nitrogens with zero attached hydrogens (tertiary/aromatic N) is 1. The monoisotopic (exact) mass is 235 g/mol.